The fourth-order valence-electron chi connectivity index (χ4n) is 6.90. The maximum absolute atomic E-state index is 14.9. The van der Waals surface area contributed by atoms with E-state index in [9.17, 15) is 14.4 Å². The van der Waals surface area contributed by atoms with Crippen LogP contribution in [0.2, 0.25) is 5.02 Å². The number of anilines is 2. The molecule has 3 aromatic rings. The van der Waals surface area contributed by atoms with E-state index in [4.69, 9.17) is 26.3 Å². The van der Waals surface area contributed by atoms with E-state index >= 15 is 0 Å². The fraction of sp³-hybridized carbons (Fsp3) is 0.486. The molecule has 0 N–H and O–H groups in total. The highest BCUT2D eigenvalue weighted by Crippen LogP contribution is 2.37. The van der Waals surface area contributed by atoms with Crippen LogP contribution in [0.4, 0.5) is 15.9 Å². The van der Waals surface area contributed by atoms with E-state index in [0.29, 0.717) is 56.3 Å². The average molecular weight is 661 g/mol. The highest BCUT2D eigenvalue weighted by Gasteiger charge is 2.35. The molecule has 6 rings (SSSR count). The third-order valence-electron chi connectivity index (χ3n) is 9.48. The van der Waals surface area contributed by atoms with Gasteiger partial charge in [-0.05, 0) is 70.5 Å². The highest BCUT2D eigenvalue weighted by molar-refractivity contribution is 6.36. The number of hydrogen-bond acceptors (Lipinski definition) is 9. The summed E-state index contributed by atoms with van der Waals surface area (Å²) in [6.45, 7) is 4.23. The Labute approximate surface area is 281 Å². The zero-order chi connectivity index (χ0) is 33.1. The van der Waals surface area contributed by atoms with Gasteiger partial charge in [0.15, 0.2) is 5.83 Å². The Morgan fingerprint density at radius 2 is 1.94 bits per heavy atom. The number of fused-ring (bicyclic) bond motifs is 2. The number of nitrogens with zero attached hydrogens (tertiary/aromatic N) is 8. The molecule has 0 spiro atoms. The van der Waals surface area contributed by atoms with Crippen LogP contribution in [0.25, 0.3) is 10.8 Å². The first-order valence-corrected chi connectivity index (χ1v) is 16.7. The lowest BCUT2D eigenvalue weighted by atomic mass is 10.0. The van der Waals surface area contributed by atoms with Crippen LogP contribution >= 0.6 is 11.6 Å². The number of nitriles is 1. The van der Waals surface area contributed by atoms with Crippen molar-refractivity contribution in [2.45, 2.75) is 44.3 Å². The quantitative estimate of drug-likeness (QED) is 0.304. The third-order valence-corrected chi connectivity index (χ3v) is 9.80. The molecule has 12 heteroatoms. The fourth-order valence-corrected chi connectivity index (χ4v) is 7.18. The molecule has 4 heterocycles. The summed E-state index contributed by atoms with van der Waals surface area (Å²) in [7, 11) is 5.74. The molecule has 0 aliphatic carbocycles. The van der Waals surface area contributed by atoms with Crippen molar-refractivity contribution in [3.8, 4) is 12.1 Å². The van der Waals surface area contributed by atoms with Gasteiger partial charge < -0.3 is 29.2 Å². The van der Waals surface area contributed by atoms with Crippen molar-refractivity contribution in [1.82, 2.24) is 24.7 Å². The molecule has 2 atom stereocenters. The summed E-state index contributed by atoms with van der Waals surface area (Å²) in [6, 6.07) is 14.5. The number of benzene rings is 2. The second-order valence-electron chi connectivity index (χ2n) is 12.9. The van der Waals surface area contributed by atoms with Crippen LogP contribution in [0.1, 0.15) is 30.5 Å². The van der Waals surface area contributed by atoms with Crippen molar-refractivity contribution < 1.29 is 13.9 Å². The number of piperazine rings is 1. The molecule has 248 valence electrons. The monoisotopic (exact) mass is 660 g/mol. The van der Waals surface area contributed by atoms with Gasteiger partial charge in [-0.15, -0.1) is 0 Å². The minimum absolute atomic E-state index is 0.0868. The number of aromatic nitrogens is 2. The second kappa shape index (κ2) is 14.4. The third kappa shape index (κ3) is 7.15. The first-order chi connectivity index (χ1) is 22.7. The molecule has 2 saturated heterocycles. The minimum Gasteiger partial charge on any atom is -0.462 e. The normalized spacial score (nSPS) is 20.5. The molecule has 3 aliphatic heterocycles. The number of ether oxygens (including phenoxy) is 1. The maximum Gasteiger partial charge on any atom is 0.318 e. The molecule has 2 aromatic carbocycles. The van der Waals surface area contributed by atoms with Gasteiger partial charge in [0.1, 0.15) is 12.4 Å². The van der Waals surface area contributed by atoms with Crippen LogP contribution in [0, 0.1) is 11.3 Å². The smallest absolute Gasteiger partial charge is 0.318 e. The standard InChI is InChI=1S/C35H42ClFN8O2/c1-41(2)17-14-29(37)34(46)45-20-19-44(21-25(45)12-15-38)33-27-13-18-43(31-11-5-8-24-7-4-10-28(36)32(24)31)22-30(27)39-35(40-33)47-23-26-9-6-16-42(26)3/h4-5,7-8,10-11,14,25-26H,6,9,12-13,16-23H2,1-3H3/b29-14+/t25-,26-/m0/s1. The summed E-state index contributed by atoms with van der Waals surface area (Å²) in [6.07, 6.45) is 4.27. The maximum atomic E-state index is 14.9. The predicted molar refractivity (Wildman–Crippen MR) is 183 cm³/mol. The second-order valence-corrected chi connectivity index (χ2v) is 13.3. The first-order valence-electron chi connectivity index (χ1n) is 16.3. The molecule has 3 aliphatic rings. The largest absolute Gasteiger partial charge is 0.462 e. The Bertz CT molecular complexity index is 1690. The average Bonchev–Trinajstić information content (AvgIpc) is 3.49. The molecule has 0 bridgehead atoms. The Hall–Kier alpha value is -3.98. The van der Waals surface area contributed by atoms with E-state index in [0.717, 1.165) is 59.5 Å². The minimum atomic E-state index is -0.796. The van der Waals surface area contributed by atoms with Gasteiger partial charge in [0.25, 0.3) is 5.91 Å². The topological polar surface area (TPSA) is 92.1 Å². The Morgan fingerprint density at radius 1 is 1.13 bits per heavy atom. The van der Waals surface area contributed by atoms with Crippen LogP contribution in [0.3, 0.4) is 0 Å². The number of likely N-dealkylation sites (N-methyl/N-ethyl adjacent to an activating group) is 2. The Kier molecular flexibility index (Phi) is 10.1. The predicted octanol–water partition coefficient (Wildman–Crippen LogP) is 4.66. The van der Waals surface area contributed by atoms with E-state index in [1.807, 2.05) is 26.2 Å². The number of rotatable bonds is 9. The number of amides is 1. The molecule has 0 radical (unpaired) electrons. The van der Waals surface area contributed by atoms with Gasteiger partial charge in [0.2, 0.25) is 0 Å². The summed E-state index contributed by atoms with van der Waals surface area (Å²) >= 11 is 6.71. The van der Waals surface area contributed by atoms with Gasteiger partial charge in [0.05, 0.1) is 35.8 Å². The molecule has 0 saturated carbocycles. The molecule has 1 amide bonds. The number of carbonyl (C=O) groups is 1. The van der Waals surface area contributed by atoms with Gasteiger partial charge in [-0.25, -0.2) is 4.39 Å². The van der Waals surface area contributed by atoms with Gasteiger partial charge >= 0.3 is 6.01 Å². The van der Waals surface area contributed by atoms with Gasteiger partial charge in [-0.3, -0.25) is 4.79 Å². The number of likely N-dealkylation sites (tertiary alicyclic amines) is 1. The van der Waals surface area contributed by atoms with Crippen molar-refractivity contribution in [3.63, 3.8) is 0 Å². The highest BCUT2D eigenvalue weighted by atomic mass is 35.5. The summed E-state index contributed by atoms with van der Waals surface area (Å²) in [5.74, 6) is -0.708. The van der Waals surface area contributed by atoms with Crippen molar-refractivity contribution in [2.75, 3.05) is 76.8 Å². The van der Waals surface area contributed by atoms with E-state index in [2.05, 4.69) is 52.1 Å². The summed E-state index contributed by atoms with van der Waals surface area (Å²) in [5.41, 5.74) is 2.97. The van der Waals surface area contributed by atoms with Crippen molar-refractivity contribution in [3.05, 3.63) is 64.6 Å². The zero-order valence-corrected chi connectivity index (χ0v) is 28.1. The van der Waals surface area contributed by atoms with Crippen LogP contribution in [0.15, 0.2) is 48.3 Å². The molecule has 2 fully saturated rings. The summed E-state index contributed by atoms with van der Waals surface area (Å²) in [4.78, 5) is 33.1. The van der Waals surface area contributed by atoms with Crippen LogP contribution in [0.5, 0.6) is 6.01 Å². The SMILES string of the molecule is CN(C)C/C=C(/F)C(=O)N1CCN(c2nc(OC[C@@H]3CCCN3C)nc3c2CCN(c2cccc4cccc(Cl)c24)C3)C[C@@H]1CC#N. The number of halogens is 2. The van der Waals surface area contributed by atoms with Gasteiger partial charge in [0, 0.05) is 55.4 Å². The van der Waals surface area contributed by atoms with Gasteiger partial charge in [-0.1, -0.05) is 35.9 Å². The molecule has 10 nitrogen and oxygen atoms in total. The lowest BCUT2D eigenvalue weighted by molar-refractivity contribution is -0.131. The van der Waals surface area contributed by atoms with Crippen LogP contribution in [-0.4, -0.2) is 110 Å². The van der Waals surface area contributed by atoms with Gasteiger partial charge in [-0.2, -0.15) is 15.2 Å². The molecule has 0 unspecified atom stereocenters. The number of carbonyl (C=O) groups excluding carboxylic acids is 1. The Morgan fingerprint density at radius 3 is 2.68 bits per heavy atom. The Balaban J connectivity index is 1.31. The first kappa shape index (κ1) is 32.9. The van der Waals surface area contributed by atoms with E-state index in [1.165, 1.54) is 11.0 Å². The van der Waals surface area contributed by atoms with Crippen molar-refractivity contribution >= 4 is 39.8 Å². The zero-order valence-electron chi connectivity index (χ0n) is 27.3. The van der Waals surface area contributed by atoms with Crippen molar-refractivity contribution in [2.24, 2.45) is 0 Å². The lowest BCUT2D eigenvalue weighted by Crippen LogP contribution is -2.56. The van der Waals surface area contributed by atoms with Crippen LogP contribution in [-0.2, 0) is 17.8 Å². The lowest BCUT2D eigenvalue weighted by Gasteiger charge is -2.42. The molecule has 1 aromatic heterocycles. The van der Waals surface area contributed by atoms with Crippen LogP contribution < -0.4 is 14.5 Å². The van der Waals surface area contributed by atoms with E-state index in [-0.39, 0.29) is 13.0 Å². The summed E-state index contributed by atoms with van der Waals surface area (Å²) in [5, 5.41) is 12.5. The van der Waals surface area contributed by atoms with E-state index < -0.39 is 17.8 Å². The molecular formula is C35H42ClFN8O2. The van der Waals surface area contributed by atoms with E-state index in [1.54, 1.807) is 4.90 Å². The molecular weight excluding hydrogens is 619 g/mol. The summed E-state index contributed by atoms with van der Waals surface area (Å²) < 4.78 is 21.2. The van der Waals surface area contributed by atoms with Crippen molar-refractivity contribution in [1.29, 1.82) is 5.26 Å². The molecule has 47 heavy (non-hydrogen) atoms. The number of hydrogen-bond donors (Lipinski definition) is 0.